The summed E-state index contributed by atoms with van der Waals surface area (Å²) in [6, 6.07) is 6.51. The maximum atomic E-state index is 12.1. The number of fused-ring (bicyclic) bond motifs is 4. The molecule has 2 saturated carbocycles. The van der Waals surface area contributed by atoms with E-state index in [0.29, 0.717) is 43.7 Å². The van der Waals surface area contributed by atoms with Crippen LogP contribution in [-0.2, 0) is 35.8 Å². The summed E-state index contributed by atoms with van der Waals surface area (Å²) >= 11 is 1.81. The van der Waals surface area contributed by atoms with E-state index in [1.807, 2.05) is 0 Å². The fraction of sp³-hybridized carbons (Fsp3) is 0.793. The van der Waals surface area contributed by atoms with Gasteiger partial charge in [0.05, 0.1) is 18.0 Å². The number of rotatable bonds is 9. The number of nitrogens with one attached hydrogen (secondary N) is 5. The van der Waals surface area contributed by atoms with Gasteiger partial charge in [0.1, 0.15) is 0 Å². The molecule has 5 N–H and O–H groups in total. The van der Waals surface area contributed by atoms with E-state index in [1.54, 1.807) is 11.8 Å². The van der Waals surface area contributed by atoms with E-state index in [4.69, 9.17) is 29.9 Å². The number of carbonyl (C=O) groups is 1. The van der Waals surface area contributed by atoms with Crippen molar-refractivity contribution in [1.29, 1.82) is 0 Å². The maximum absolute atomic E-state index is 12.1. The third-order valence-corrected chi connectivity index (χ3v) is 8.96. The van der Waals surface area contributed by atoms with Crippen LogP contribution < -0.4 is 26.6 Å². The van der Waals surface area contributed by atoms with Crippen LogP contribution in [0.15, 0.2) is 17.0 Å². The number of nitrogens with zero attached hydrogens (tertiary/aromatic N) is 1. The van der Waals surface area contributed by atoms with Crippen LogP contribution in [0.1, 0.15) is 82.5 Å². The van der Waals surface area contributed by atoms with Gasteiger partial charge in [0.2, 0.25) is 5.91 Å². The number of thioether (sulfide) groups is 1. The first-order valence-electron chi connectivity index (χ1n) is 15.4. The van der Waals surface area contributed by atoms with Gasteiger partial charge in [0.15, 0.2) is 0 Å². The Morgan fingerprint density at radius 3 is 1.95 bits per heavy atom. The Morgan fingerprint density at radius 1 is 0.927 bits per heavy atom. The van der Waals surface area contributed by atoms with E-state index in [-0.39, 0.29) is 19.0 Å². The average Bonchev–Trinajstić information content (AvgIpc) is 2.99. The van der Waals surface area contributed by atoms with E-state index < -0.39 is 0 Å². The molecule has 1 aliphatic heterocycles. The molecule has 0 saturated heterocycles. The summed E-state index contributed by atoms with van der Waals surface area (Å²) in [4.78, 5) is 18.4. The summed E-state index contributed by atoms with van der Waals surface area (Å²) in [5.74, 6) is 0.906. The molecule has 0 unspecified atom stereocenters. The fourth-order valence-corrected chi connectivity index (χ4v) is 6.85. The molecule has 4 rings (SSSR count). The number of amides is 1. The molecule has 8 nitrogen and oxygen atoms in total. The Hall–Kier alpha value is -0.131. The molecule has 4 atom stereocenters. The predicted molar refractivity (Wildman–Crippen MR) is 167 cm³/mol. The van der Waals surface area contributed by atoms with E-state index in [1.165, 1.54) is 56.3 Å². The molecule has 2 fully saturated rings. The van der Waals surface area contributed by atoms with Crippen molar-refractivity contribution >= 4 is 37.9 Å². The van der Waals surface area contributed by atoms with Crippen LogP contribution in [0.2, 0.25) is 0 Å². The number of carbonyl (C=O) groups excluding carboxylic acids is 1. The average molecular weight is 673 g/mol. The van der Waals surface area contributed by atoms with Gasteiger partial charge in [-0.25, -0.2) is 0 Å². The molecule has 2 heterocycles. The topological polar surface area (TPSA) is 99.3 Å². The molecule has 1 aromatic rings. The van der Waals surface area contributed by atoms with Gasteiger partial charge in [-0.05, 0) is 44.2 Å². The Bertz CT molecular complexity index is 828. The van der Waals surface area contributed by atoms with Crippen LogP contribution in [0.5, 0.6) is 0 Å². The van der Waals surface area contributed by atoms with E-state index in [0.717, 1.165) is 56.3 Å². The van der Waals surface area contributed by atoms with Crippen LogP contribution in [0.3, 0.4) is 0 Å². The number of pyridine rings is 1. The second-order valence-corrected chi connectivity index (χ2v) is 14.2. The van der Waals surface area contributed by atoms with Gasteiger partial charge >= 0.3 is 33.3 Å². The van der Waals surface area contributed by atoms with Gasteiger partial charge in [-0.2, -0.15) is 0 Å². The molecule has 0 aromatic carbocycles. The minimum absolute atomic E-state index is 0.00694. The van der Waals surface area contributed by atoms with Gasteiger partial charge in [0.25, 0.3) is 0 Å². The van der Waals surface area contributed by atoms with Gasteiger partial charge < -0.3 is 31.3 Å². The van der Waals surface area contributed by atoms with E-state index >= 15 is 0 Å². The first kappa shape index (κ1) is 35.3. The monoisotopic (exact) mass is 671 g/mol. The van der Waals surface area contributed by atoms with Crippen LogP contribution in [0, 0.1) is 0 Å². The van der Waals surface area contributed by atoms with E-state index in [2.05, 4.69) is 45.6 Å². The van der Waals surface area contributed by atoms with Crippen LogP contribution in [-0.4, -0.2) is 73.7 Å². The summed E-state index contributed by atoms with van der Waals surface area (Å²) in [6.07, 6.45) is 11.6. The first-order chi connectivity index (χ1) is 20.1. The van der Waals surface area contributed by atoms with Crippen LogP contribution in [0.25, 0.3) is 0 Å². The number of halogens is 2. The molecule has 1 aromatic heterocycles. The zero-order chi connectivity index (χ0) is 29.1. The Kier molecular flexibility index (Phi) is 18.6. The summed E-state index contributed by atoms with van der Waals surface area (Å²) in [7, 11) is 9.59. The molecule has 2 bridgehead atoms. The minimum atomic E-state index is 0.00694. The normalized spacial score (nSPS) is 25.3. The molecular formula is C29H50Cl2MnN6O2S. The SMILES string of the molecule is CCCOCCC(=O)NCCSc1cc2nc(c1)CN[C@@H]1CCCC[C@H]1NCCN[C@@H]1CCCC[C@H]1NC2.[Cl][Mn][Cl]. The van der Waals surface area contributed by atoms with Crippen molar-refractivity contribution < 1.29 is 22.7 Å². The predicted octanol–water partition coefficient (Wildman–Crippen LogP) is 4.48. The van der Waals surface area contributed by atoms with Gasteiger partial charge in [0, 0.05) is 80.6 Å². The zero-order valence-electron chi connectivity index (χ0n) is 24.5. The van der Waals surface area contributed by atoms with Crippen molar-refractivity contribution in [2.45, 2.75) is 113 Å². The molecule has 235 valence electrons. The molecule has 1 amide bonds. The second-order valence-electron chi connectivity index (χ2n) is 11.1. The Labute approximate surface area is 266 Å². The molecule has 0 radical (unpaired) electrons. The molecule has 2 aliphatic carbocycles. The van der Waals surface area contributed by atoms with Crippen LogP contribution in [0.4, 0.5) is 0 Å². The number of aromatic nitrogens is 1. The first-order valence-corrected chi connectivity index (χ1v) is 19.6. The second kappa shape index (κ2) is 21.6. The Balaban J connectivity index is 0.00000147. The van der Waals surface area contributed by atoms with Crippen LogP contribution >= 0.6 is 32.0 Å². The van der Waals surface area contributed by atoms with Gasteiger partial charge in [-0.3, -0.25) is 9.78 Å². The van der Waals surface area contributed by atoms with E-state index in [9.17, 15) is 4.79 Å². The summed E-state index contributed by atoms with van der Waals surface area (Å²) in [5, 5.41) is 18.4. The molecule has 41 heavy (non-hydrogen) atoms. The van der Waals surface area contributed by atoms with Gasteiger partial charge in [-0.1, -0.05) is 32.6 Å². The molecule has 12 heteroatoms. The molecule has 3 aliphatic rings. The van der Waals surface area contributed by atoms with Gasteiger partial charge in [-0.15, -0.1) is 11.8 Å². The number of hydrogen-bond donors (Lipinski definition) is 5. The summed E-state index contributed by atoms with van der Waals surface area (Å²) in [6.45, 7) is 7.60. The molecule has 0 spiro atoms. The van der Waals surface area contributed by atoms with Crippen molar-refractivity contribution in [3.8, 4) is 0 Å². The fourth-order valence-electron chi connectivity index (χ4n) is 5.97. The quantitative estimate of drug-likeness (QED) is 0.149. The Morgan fingerprint density at radius 2 is 1.44 bits per heavy atom. The van der Waals surface area contributed by atoms with Crippen molar-refractivity contribution in [1.82, 2.24) is 31.6 Å². The summed E-state index contributed by atoms with van der Waals surface area (Å²) in [5.41, 5.74) is 2.22. The third kappa shape index (κ3) is 14.0. The zero-order valence-corrected chi connectivity index (χ0v) is 28.0. The summed E-state index contributed by atoms with van der Waals surface area (Å²) < 4.78 is 5.43. The number of ether oxygens (including phenoxy) is 1. The molecular weight excluding hydrogens is 622 g/mol. The van der Waals surface area contributed by atoms with Crippen molar-refractivity contribution in [2.75, 3.05) is 38.6 Å². The van der Waals surface area contributed by atoms with Crippen molar-refractivity contribution in [3.63, 3.8) is 0 Å². The van der Waals surface area contributed by atoms with Crippen molar-refractivity contribution in [2.24, 2.45) is 0 Å². The standard InChI is InChI=1S/C29H50N6O2S.2ClH.Mn/c1-2-15-37-16-11-29(36)32-14-17-38-24-18-22-20-33-27-9-5-3-7-25(27)30-12-13-31-26-8-4-6-10-28(26)34-21-23(19-24)35-22;;;/h18-19,25-28,30-31,33-34H,2-17,20-21H2,1H3,(H,32,36);2*1H;/q;;;+2/p-2/t25-,26-,27-,28-;;;/m1.../s1. The number of hydrogen-bond acceptors (Lipinski definition) is 8. The third-order valence-electron chi connectivity index (χ3n) is 7.98. The van der Waals surface area contributed by atoms with Crippen molar-refractivity contribution in [3.05, 3.63) is 23.5 Å².